The van der Waals surface area contributed by atoms with E-state index in [1.807, 2.05) is 13.1 Å². The van der Waals surface area contributed by atoms with Gasteiger partial charge < -0.3 is 10.6 Å². The normalized spacial score (nSPS) is 28.4. The molecule has 3 heterocycles. The second-order valence-corrected chi connectivity index (χ2v) is 6.49. The number of rotatable bonds is 3. The molecule has 0 saturated carbocycles. The number of aromatic nitrogens is 1. The Bertz CT molecular complexity index is 442. The lowest BCUT2D eigenvalue weighted by Crippen LogP contribution is -2.36. The van der Waals surface area contributed by atoms with Crippen molar-refractivity contribution in [2.45, 2.75) is 50.7 Å². The molecule has 4 nitrogen and oxygen atoms in total. The largest absolute Gasteiger partial charge is 0.355 e. The molecule has 110 valence electrons. The summed E-state index contributed by atoms with van der Waals surface area (Å²) in [4.78, 5) is 9.69. The Morgan fingerprint density at radius 1 is 1.30 bits per heavy atom. The maximum atomic E-state index is 5.84. The van der Waals surface area contributed by atoms with Crippen LogP contribution in [-0.4, -0.2) is 48.1 Å². The molecule has 0 aliphatic carbocycles. The number of fused-ring (bicyclic) bond motifs is 2. The van der Waals surface area contributed by atoms with Crippen molar-refractivity contribution in [3.63, 3.8) is 0 Å². The van der Waals surface area contributed by atoms with Gasteiger partial charge in [0.05, 0.1) is 0 Å². The van der Waals surface area contributed by atoms with E-state index in [4.69, 9.17) is 5.73 Å². The van der Waals surface area contributed by atoms with Crippen LogP contribution in [0.4, 0.5) is 5.82 Å². The Morgan fingerprint density at radius 3 is 2.80 bits per heavy atom. The number of nitrogens with two attached hydrogens (primary N) is 1. The van der Waals surface area contributed by atoms with E-state index < -0.39 is 0 Å². The van der Waals surface area contributed by atoms with Crippen LogP contribution in [-0.2, 0) is 6.42 Å². The molecule has 2 N–H and O–H groups in total. The van der Waals surface area contributed by atoms with Gasteiger partial charge in [-0.25, -0.2) is 4.98 Å². The van der Waals surface area contributed by atoms with E-state index in [-0.39, 0.29) is 6.04 Å². The van der Waals surface area contributed by atoms with Crippen LogP contribution >= 0.6 is 0 Å². The number of pyridine rings is 1. The summed E-state index contributed by atoms with van der Waals surface area (Å²) < 4.78 is 0. The van der Waals surface area contributed by atoms with Gasteiger partial charge in [0.25, 0.3) is 0 Å². The van der Waals surface area contributed by atoms with Crippen LogP contribution in [0.1, 0.15) is 31.7 Å². The van der Waals surface area contributed by atoms with E-state index in [1.165, 1.54) is 24.8 Å². The quantitative estimate of drug-likeness (QED) is 0.910. The van der Waals surface area contributed by atoms with E-state index in [1.54, 1.807) is 0 Å². The summed E-state index contributed by atoms with van der Waals surface area (Å²) in [5.41, 5.74) is 7.07. The van der Waals surface area contributed by atoms with Crippen LogP contribution in [0.25, 0.3) is 0 Å². The van der Waals surface area contributed by atoms with Crippen LogP contribution in [0, 0.1) is 0 Å². The average molecular weight is 274 g/mol. The van der Waals surface area contributed by atoms with Crippen molar-refractivity contribution in [1.82, 2.24) is 9.88 Å². The molecule has 2 saturated heterocycles. The number of hydrogen-bond acceptors (Lipinski definition) is 4. The van der Waals surface area contributed by atoms with Crippen molar-refractivity contribution < 1.29 is 0 Å². The Morgan fingerprint density at radius 2 is 2.10 bits per heavy atom. The van der Waals surface area contributed by atoms with Gasteiger partial charge in [0.15, 0.2) is 0 Å². The molecule has 0 aromatic carbocycles. The smallest absolute Gasteiger partial charge is 0.128 e. The maximum Gasteiger partial charge on any atom is 0.128 e. The van der Waals surface area contributed by atoms with Crippen LogP contribution in [0.5, 0.6) is 0 Å². The molecule has 1 aromatic heterocycles. The molecule has 3 rings (SSSR count). The van der Waals surface area contributed by atoms with Gasteiger partial charge in [-0.3, -0.25) is 4.90 Å². The lowest BCUT2D eigenvalue weighted by Gasteiger charge is -2.26. The lowest BCUT2D eigenvalue weighted by molar-refractivity contribution is 0.254. The Labute approximate surface area is 122 Å². The summed E-state index contributed by atoms with van der Waals surface area (Å²) in [6.45, 7) is 4.28. The van der Waals surface area contributed by atoms with Gasteiger partial charge in [0, 0.05) is 37.4 Å². The second kappa shape index (κ2) is 5.70. The molecule has 20 heavy (non-hydrogen) atoms. The summed E-state index contributed by atoms with van der Waals surface area (Å²) in [7, 11) is 2.28. The van der Waals surface area contributed by atoms with Crippen molar-refractivity contribution in [2.75, 3.05) is 25.0 Å². The Kier molecular flexibility index (Phi) is 3.94. The van der Waals surface area contributed by atoms with Gasteiger partial charge in [-0.2, -0.15) is 0 Å². The van der Waals surface area contributed by atoms with E-state index in [0.29, 0.717) is 6.04 Å². The molecule has 3 atom stereocenters. The molecule has 4 heteroatoms. The highest BCUT2D eigenvalue weighted by atomic mass is 15.3. The molecule has 0 amide bonds. The zero-order chi connectivity index (χ0) is 14.1. The van der Waals surface area contributed by atoms with Gasteiger partial charge in [-0.15, -0.1) is 0 Å². The SMILES string of the molecule is CC(N)Cc1ccc(N2CCC3CCC(C2)N3C)nc1. The number of likely N-dealkylation sites (N-methyl/N-ethyl adjacent to an activating group) is 1. The molecular formula is C16H26N4. The van der Waals surface area contributed by atoms with Crippen molar-refractivity contribution in [2.24, 2.45) is 5.73 Å². The van der Waals surface area contributed by atoms with Crippen molar-refractivity contribution in [1.29, 1.82) is 0 Å². The first-order valence-corrected chi connectivity index (χ1v) is 7.81. The highest BCUT2D eigenvalue weighted by Gasteiger charge is 2.34. The monoisotopic (exact) mass is 274 g/mol. The molecular weight excluding hydrogens is 248 g/mol. The minimum absolute atomic E-state index is 0.199. The third kappa shape index (κ3) is 2.81. The van der Waals surface area contributed by atoms with Crippen LogP contribution in [0.15, 0.2) is 18.3 Å². The summed E-state index contributed by atoms with van der Waals surface area (Å²) in [6.07, 6.45) is 6.86. The zero-order valence-corrected chi connectivity index (χ0v) is 12.6. The highest BCUT2D eigenvalue weighted by Crippen LogP contribution is 2.30. The molecule has 2 bridgehead atoms. The summed E-state index contributed by atoms with van der Waals surface area (Å²) in [5, 5.41) is 0. The summed E-state index contributed by atoms with van der Waals surface area (Å²) in [6, 6.07) is 6.02. The van der Waals surface area contributed by atoms with E-state index >= 15 is 0 Å². The first-order valence-electron chi connectivity index (χ1n) is 7.81. The van der Waals surface area contributed by atoms with Crippen LogP contribution < -0.4 is 10.6 Å². The third-order valence-corrected chi connectivity index (χ3v) is 4.84. The fraction of sp³-hybridized carbons (Fsp3) is 0.688. The second-order valence-electron chi connectivity index (χ2n) is 6.49. The number of nitrogens with zero attached hydrogens (tertiary/aromatic N) is 3. The van der Waals surface area contributed by atoms with Crippen LogP contribution in [0.3, 0.4) is 0 Å². The lowest BCUT2D eigenvalue weighted by atomic mass is 10.1. The number of hydrogen-bond donors (Lipinski definition) is 1. The maximum absolute atomic E-state index is 5.84. The summed E-state index contributed by atoms with van der Waals surface area (Å²) >= 11 is 0. The Hall–Kier alpha value is -1.13. The van der Waals surface area contributed by atoms with E-state index in [0.717, 1.165) is 31.4 Å². The Balaban J connectivity index is 1.70. The minimum Gasteiger partial charge on any atom is -0.355 e. The summed E-state index contributed by atoms with van der Waals surface area (Å²) in [5.74, 6) is 1.12. The van der Waals surface area contributed by atoms with Gasteiger partial charge in [-0.1, -0.05) is 6.07 Å². The fourth-order valence-electron chi connectivity index (χ4n) is 3.61. The molecule has 2 aliphatic heterocycles. The van der Waals surface area contributed by atoms with Crippen molar-refractivity contribution in [3.8, 4) is 0 Å². The van der Waals surface area contributed by atoms with E-state index in [2.05, 4.69) is 34.0 Å². The van der Waals surface area contributed by atoms with Crippen molar-refractivity contribution in [3.05, 3.63) is 23.9 Å². The number of anilines is 1. The van der Waals surface area contributed by atoms with Crippen molar-refractivity contribution >= 4 is 5.82 Å². The standard InChI is InChI=1S/C16H26N4/c1-12(17)9-13-3-6-16(18-10-13)20-8-7-14-4-5-15(11-20)19(14)2/h3,6,10,12,14-15H,4-5,7-9,11,17H2,1-2H3. The predicted octanol–water partition coefficient (Wildman–Crippen LogP) is 1.64. The van der Waals surface area contributed by atoms with Gasteiger partial charge in [0.1, 0.15) is 5.82 Å². The third-order valence-electron chi connectivity index (χ3n) is 4.84. The van der Waals surface area contributed by atoms with E-state index in [9.17, 15) is 0 Å². The van der Waals surface area contributed by atoms with Crippen LogP contribution in [0.2, 0.25) is 0 Å². The molecule has 2 aliphatic rings. The molecule has 1 aromatic rings. The fourth-order valence-corrected chi connectivity index (χ4v) is 3.61. The topological polar surface area (TPSA) is 45.4 Å². The van der Waals surface area contributed by atoms with Gasteiger partial charge in [-0.05, 0) is 51.3 Å². The zero-order valence-electron chi connectivity index (χ0n) is 12.6. The minimum atomic E-state index is 0.199. The van der Waals surface area contributed by atoms with Gasteiger partial charge >= 0.3 is 0 Å². The highest BCUT2D eigenvalue weighted by molar-refractivity contribution is 5.40. The predicted molar refractivity (Wildman–Crippen MR) is 83.0 cm³/mol. The molecule has 3 unspecified atom stereocenters. The molecule has 0 spiro atoms. The average Bonchev–Trinajstić information content (AvgIpc) is 2.64. The molecule has 0 radical (unpaired) electrons. The molecule has 2 fully saturated rings. The first kappa shape index (κ1) is 13.8. The first-order chi connectivity index (χ1) is 9.63. The van der Waals surface area contributed by atoms with Gasteiger partial charge in [0.2, 0.25) is 0 Å².